The van der Waals surface area contributed by atoms with Gasteiger partial charge in [-0.15, -0.1) is 0 Å². The van der Waals surface area contributed by atoms with E-state index in [1.165, 1.54) is 13.1 Å². The minimum atomic E-state index is 0.330. The molecule has 1 unspecified atom stereocenters. The van der Waals surface area contributed by atoms with Gasteiger partial charge in [0.05, 0.1) is 0 Å². The van der Waals surface area contributed by atoms with E-state index in [1.54, 1.807) is 0 Å². The normalized spacial score (nSPS) is 29.5. The predicted molar refractivity (Wildman–Crippen MR) is 58.0 cm³/mol. The average Bonchev–Trinajstić information content (AvgIpc) is 1.97. The van der Waals surface area contributed by atoms with E-state index in [9.17, 15) is 0 Å². The summed E-state index contributed by atoms with van der Waals surface area (Å²) >= 11 is 0. The number of hydrogen-bond donors (Lipinski definition) is 1. The molecule has 0 spiro atoms. The van der Waals surface area contributed by atoms with Gasteiger partial charge >= 0.3 is 0 Å². The Morgan fingerprint density at radius 3 is 2.62 bits per heavy atom. The first kappa shape index (κ1) is 11.0. The van der Waals surface area contributed by atoms with Crippen molar-refractivity contribution in [3.05, 3.63) is 0 Å². The van der Waals surface area contributed by atoms with Crippen LogP contribution in [0.4, 0.5) is 0 Å². The van der Waals surface area contributed by atoms with E-state index in [-0.39, 0.29) is 0 Å². The number of hydrogen-bond acceptors (Lipinski definition) is 2. The van der Waals surface area contributed by atoms with Gasteiger partial charge in [-0.2, -0.15) is 0 Å². The van der Waals surface area contributed by atoms with Crippen LogP contribution in [0.2, 0.25) is 0 Å². The Kier molecular flexibility index (Phi) is 3.36. The van der Waals surface area contributed by atoms with Crippen molar-refractivity contribution in [3.8, 4) is 0 Å². The van der Waals surface area contributed by atoms with Crippen LogP contribution in [0.5, 0.6) is 0 Å². The van der Waals surface area contributed by atoms with Gasteiger partial charge in [-0.3, -0.25) is 4.90 Å². The standard InChI is InChI=1S/C11H24N2/c1-9(2)6-13-7-10(3)12-8-11(13,4)5/h9-10,12H,6-8H2,1-5H3. The van der Waals surface area contributed by atoms with Gasteiger partial charge in [0, 0.05) is 31.2 Å². The molecule has 2 nitrogen and oxygen atoms in total. The summed E-state index contributed by atoms with van der Waals surface area (Å²) in [6.45, 7) is 15.0. The van der Waals surface area contributed by atoms with E-state index in [4.69, 9.17) is 0 Å². The molecule has 0 aromatic carbocycles. The summed E-state index contributed by atoms with van der Waals surface area (Å²) in [4.78, 5) is 2.61. The van der Waals surface area contributed by atoms with Crippen LogP contribution < -0.4 is 5.32 Å². The highest BCUT2D eigenvalue weighted by molar-refractivity contribution is 4.91. The molecule has 1 N–H and O–H groups in total. The number of nitrogens with one attached hydrogen (secondary N) is 1. The van der Waals surface area contributed by atoms with Crippen molar-refractivity contribution in [2.24, 2.45) is 5.92 Å². The maximum Gasteiger partial charge on any atom is 0.0278 e. The predicted octanol–water partition coefficient (Wildman–Crippen LogP) is 1.71. The average molecular weight is 184 g/mol. The van der Waals surface area contributed by atoms with Crippen LogP contribution in [0.15, 0.2) is 0 Å². The molecule has 0 saturated carbocycles. The second-order valence-corrected chi connectivity index (χ2v) is 5.39. The number of rotatable bonds is 2. The van der Waals surface area contributed by atoms with Crippen molar-refractivity contribution in [3.63, 3.8) is 0 Å². The van der Waals surface area contributed by atoms with Crippen LogP contribution in [-0.4, -0.2) is 36.1 Å². The molecule has 13 heavy (non-hydrogen) atoms. The highest BCUT2D eigenvalue weighted by atomic mass is 15.3. The molecule has 1 aliphatic heterocycles. The quantitative estimate of drug-likeness (QED) is 0.703. The van der Waals surface area contributed by atoms with Crippen molar-refractivity contribution in [1.29, 1.82) is 0 Å². The molecule has 1 rings (SSSR count). The van der Waals surface area contributed by atoms with E-state index >= 15 is 0 Å². The summed E-state index contributed by atoms with van der Waals surface area (Å²) < 4.78 is 0. The Bertz CT molecular complexity index is 161. The molecule has 0 amide bonds. The fourth-order valence-corrected chi connectivity index (χ4v) is 1.94. The van der Waals surface area contributed by atoms with Gasteiger partial charge in [-0.25, -0.2) is 0 Å². The molecule has 1 atom stereocenters. The van der Waals surface area contributed by atoms with Gasteiger partial charge in [-0.1, -0.05) is 13.8 Å². The monoisotopic (exact) mass is 184 g/mol. The Morgan fingerprint density at radius 2 is 2.08 bits per heavy atom. The third kappa shape index (κ3) is 2.96. The molecule has 0 aromatic heterocycles. The van der Waals surface area contributed by atoms with E-state index in [0.29, 0.717) is 11.6 Å². The van der Waals surface area contributed by atoms with Crippen molar-refractivity contribution in [2.45, 2.75) is 46.2 Å². The van der Waals surface area contributed by atoms with E-state index in [2.05, 4.69) is 44.8 Å². The topological polar surface area (TPSA) is 15.3 Å². The van der Waals surface area contributed by atoms with Crippen LogP contribution in [-0.2, 0) is 0 Å². The first-order valence-electron chi connectivity index (χ1n) is 5.40. The first-order valence-corrected chi connectivity index (χ1v) is 5.40. The summed E-state index contributed by atoms with van der Waals surface area (Å²) in [6, 6.07) is 0.645. The summed E-state index contributed by atoms with van der Waals surface area (Å²) in [7, 11) is 0. The zero-order valence-corrected chi connectivity index (χ0v) is 9.72. The lowest BCUT2D eigenvalue weighted by molar-refractivity contribution is 0.0590. The Hall–Kier alpha value is -0.0800. The summed E-state index contributed by atoms with van der Waals surface area (Å²) in [5.41, 5.74) is 0.330. The van der Waals surface area contributed by atoms with Crippen molar-refractivity contribution >= 4 is 0 Å². The second kappa shape index (κ2) is 3.97. The van der Waals surface area contributed by atoms with Crippen LogP contribution in [0.3, 0.4) is 0 Å². The Labute approximate surface area is 82.7 Å². The zero-order valence-electron chi connectivity index (χ0n) is 9.72. The molecule has 1 saturated heterocycles. The van der Waals surface area contributed by atoms with Gasteiger partial charge < -0.3 is 5.32 Å². The molecular formula is C11H24N2. The lowest BCUT2D eigenvalue weighted by atomic mass is 9.96. The minimum absolute atomic E-state index is 0.330. The number of nitrogens with zero attached hydrogens (tertiary/aromatic N) is 1. The second-order valence-electron chi connectivity index (χ2n) is 5.39. The van der Waals surface area contributed by atoms with Crippen LogP contribution in [0.25, 0.3) is 0 Å². The van der Waals surface area contributed by atoms with Crippen molar-refractivity contribution in [2.75, 3.05) is 19.6 Å². The van der Waals surface area contributed by atoms with E-state index in [1.807, 2.05) is 0 Å². The first-order chi connectivity index (χ1) is 5.92. The van der Waals surface area contributed by atoms with Crippen LogP contribution >= 0.6 is 0 Å². The molecule has 1 heterocycles. The van der Waals surface area contributed by atoms with Gasteiger partial charge in [-0.05, 0) is 26.7 Å². The SMILES string of the molecule is CC(C)CN1CC(C)NCC1(C)C. The Balaban J connectivity index is 2.56. The smallest absolute Gasteiger partial charge is 0.0278 e. The lowest BCUT2D eigenvalue weighted by Gasteiger charge is -2.46. The maximum absolute atomic E-state index is 3.53. The molecular weight excluding hydrogens is 160 g/mol. The molecule has 2 heteroatoms. The fraction of sp³-hybridized carbons (Fsp3) is 1.00. The van der Waals surface area contributed by atoms with Crippen molar-refractivity contribution < 1.29 is 0 Å². The lowest BCUT2D eigenvalue weighted by Crippen LogP contribution is -2.61. The molecule has 1 fully saturated rings. The van der Waals surface area contributed by atoms with Gasteiger partial charge in [0.25, 0.3) is 0 Å². The highest BCUT2D eigenvalue weighted by Crippen LogP contribution is 2.19. The van der Waals surface area contributed by atoms with Crippen molar-refractivity contribution in [1.82, 2.24) is 10.2 Å². The van der Waals surface area contributed by atoms with Crippen LogP contribution in [0.1, 0.15) is 34.6 Å². The molecule has 0 bridgehead atoms. The third-order valence-corrected chi connectivity index (χ3v) is 2.82. The van der Waals surface area contributed by atoms with E-state index < -0.39 is 0 Å². The van der Waals surface area contributed by atoms with E-state index in [0.717, 1.165) is 12.5 Å². The Morgan fingerprint density at radius 1 is 1.46 bits per heavy atom. The summed E-state index contributed by atoms with van der Waals surface area (Å²) in [6.07, 6.45) is 0. The molecule has 0 aromatic rings. The van der Waals surface area contributed by atoms with Gasteiger partial charge in [0.2, 0.25) is 0 Å². The zero-order chi connectivity index (χ0) is 10.1. The largest absolute Gasteiger partial charge is 0.311 e. The molecule has 0 radical (unpaired) electrons. The number of piperazine rings is 1. The summed E-state index contributed by atoms with van der Waals surface area (Å²) in [5, 5.41) is 3.53. The molecule has 78 valence electrons. The van der Waals surface area contributed by atoms with Crippen LogP contribution in [0, 0.1) is 5.92 Å². The third-order valence-electron chi connectivity index (χ3n) is 2.82. The molecule has 0 aliphatic carbocycles. The fourth-order valence-electron chi connectivity index (χ4n) is 1.94. The molecule has 1 aliphatic rings. The minimum Gasteiger partial charge on any atom is -0.311 e. The van der Waals surface area contributed by atoms with Gasteiger partial charge in [0.15, 0.2) is 0 Å². The maximum atomic E-state index is 3.53. The van der Waals surface area contributed by atoms with Gasteiger partial charge in [0.1, 0.15) is 0 Å². The highest BCUT2D eigenvalue weighted by Gasteiger charge is 2.32. The summed E-state index contributed by atoms with van der Waals surface area (Å²) in [5.74, 6) is 0.768.